The molecule has 0 aromatic rings. The van der Waals surface area contributed by atoms with Gasteiger partial charge in [-0.15, -0.1) is 0 Å². The van der Waals surface area contributed by atoms with Gasteiger partial charge in [-0.2, -0.15) is 0 Å². The van der Waals surface area contributed by atoms with E-state index in [9.17, 15) is 0 Å². The van der Waals surface area contributed by atoms with Crippen molar-refractivity contribution < 1.29 is 0 Å². The summed E-state index contributed by atoms with van der Waals surface area (Å²) in [7, 11) is 0. The van der Waals surface area contributed by atoms with Crippen LogP contribution in [0.5, 0.6) is 0 Å². The second-order valence-corrected chi connectivity index (χ2v) is 7.15. The lowest BCUT2D eigenvalue weighted by Crippen LogP contribution is -2.66. The monoisotopic (exact) mass is 234 g/mol. The smallest absolute Gasteiger partial charge is 0.0224 e. The van der Waals surface area contributed by atoms with E-state index < -0.39 is 0 Å². The largest absolute Gasteiger partial charge is 0.316 e. The van der Waals surface area contributed by atoms with Crippen LogP contribution >= 0.6 is 0 Å². The zero-order valence-electron chi connectivity index (χ0n) is 10.9. The molecule has 0 amide bonds. The van der Waals surface area contributed by atoms with Crippen LogP contribution in [0.3, 0.4) is 0 Å². The molecule has 4 rings (SSSR count). The van der Waals surface area contributed by atoms with Gasteiger partial charge in [-0.1, -0.05) is 19.3 Å². The first-order valence-electron chi connectivity index (χ1n) is 7.81. The molecule has 2 spiro atoms. The number of hydrogen-bond donors (Lipinski definition) is 2. The molecule has 3 atom stereocenters. The molecule has 4 fully saturated rings. The third-order valence-electron chi connectivity index (χ3n) is 6.56. The molecular weight excluding hydrogens is 208 g/mol. The molecule has 4 aliphatic rings. The second-order valence-electron chi connectivity index (χ2n) is 7.15. The molecular formula is C15H26N2. The molecule has 2 saturated heterocycles. The van der Waals surface area contributed by atoms with Crippen molar-refractivity contribution in [3.63, 3.8) is 0 Å². The van der Waals surface area contributed by atoms with Crippen LogP contribution in [0.25, 0.3) is 0 Å². The van der Waals surface area contributed by atoms with Gasteiger partial charge in [0.2, 0.25) is 0 Å². The predicted octanol–water partition coefficient (Wildman–Crippen LogP) is 2.30. The summed E-state index contributed by atoms with van der Waals surface area (Å²) in [5, 5.41) is 7.40. The van der Waals surface area contributed by atoms with Gasteiger partial charge in [-0.3, -0.25) is 0 Å². The van der Waals surface area contributed by atoms with Gasteiger partial charge in [-0.05, 0) is 55.9 Å². The minimum atomic E-state index is 0.602. The second kappa shape index (κ2) is 3.71. The van der Waals surface area contributed by atoms with Gasteiger partial charge in [0, 0.05) is 18.6 Å². The van der Waals surface area contributed by atoms with Crippen molar-refractivity contribution in [2.24, 2.45) is 17.3 Å². The Labute approximate surface area is 105 Å². The highest BCUT2D eigenvalue weighted by molar-refractivity contribution is 5.12. The molecule has 0 bridgehead atoms. The molecule has 2 heteroatoms. The molecule has 0 radical (unpaired) electrons. The molecule has 2 nitrogen and oxygen atoms in total. The summed E-state index contributed by atoms with van der Waals surface area (Å²) in [4.78, 5) is 0. The molecule has 0 aromatic heterocycles. The zero-order valence-corrected chi connectivity index (χ0v) is 10.9. The quantitative estimate of drug-likeness (QED) is 0.727. The first-order valence-corrected chi connectivity index (χ1v) is 7.81. The number of hydrogen-bond acceptors (Lipinski definition) is 2. The molecule has 2 aliphatic heterocycles. The van der Waals surface area contributed by atoms with E-state index in [1.807, 2.05) is 0 Å². The summed E-state index contributed by atoms with van der Waals surface area (Å²) < 4.78 is 0. The van der Waals surface area contributed by atoms with Crippen LogP contribution < -0.4 is 10.6 Å². The molecule has 2 heterocycles. The van der Waals surface area contributed by atoms with Gasteiger partial charge >= 0.3 is 0 Å². The summed E-state index contributed by atoms with van der Waals surface area (Å²) in [5.41, 5.74) is 1.32. The molecule has 17 heavy (non-hydrogen) atoms. The minimum Gasteiger partial charge on any atom is -0.316 e. The highest BCUT2D eigenvalue weighted by atomic mass is 15.1. The number of rotatable bonds is 1. The van der Waals surface area contributed by atoms with Crippen molar-refractivity contribution in [3.05, 3.63) is 0 Å². The van der Waals surface area contributed by atoms with Gasteiger partial charge in [0.25, 0.3) is 0 Å². The maximum atomic E-state index is 3.83. The van der Waals surface area contributed by atoms with Crippen molar-refractivity contribution >= 4 is 0 Å². The summed E-state index contributed by atoms with van der Waals surface area (Å²) >= 11 is 0. The Morgan fingerprint density at radius 2 is 1.65 bits per heavy atom. The van der Waals surface area contributed by atoms with Gasteiger partial charge < -0.3 is 10.6 Å². The molecule has 2 saturated carbocycles. The van der Waals surface area contributed by atoms with Crippen molar-refractivity contribution in [1.29, 1.82) is 0 Å². The molecule has 2 N–H and O–H groups in total. The van der Waals surface area contributed by atoms with Crippen molar-refractivity contribution in [2.75, 3.05) is 19.6 Å². The highest BCUT2D eigenvalue weighted by Gasteiger charge is 2.56. The first kappa shape index (κ1) is 10.8. The average Bonchev–Trinajstić information content (AvgIpc) is 2.70. The molecule has 2 aliphatic carbocycles. The lowest BCUT2D eigenvalue weighted by atomic mass is 9.55. The van der Waals surface area contributed by atoms with E-state index in [4.69, 9.17) is 0 Å². The Bertz CT molecular complexity index is 304. The van der Waals surface area contributed by atoms with E-state index in [-0.39, 0.29) is 0 Å². The average molecular weight is 234 g/mol. The van der Waals surface area contributed by atoms with Crippen LogP contribution in [-0.2, 0) is 0 Å². The SMILES string of the molecule is C1CCC2(CNC2)C(C2CCCC23CCN3)C1. The van der Waals surface area contributed by atoms with Gasteiger partial charge in [0.15, 0.2) is 0 Å². The maximum Gasteiger partial charge on any atom is 0.0224 e. The van der Waals surface area contributed by atoms with Crippen LogP contribution in [0.1, 0.15) is 51.4 Å². The Kier molecular flexibility index (Phi) is 2.36. The highest BCUT2D eigenvalue weighted by Crippen LogP contribution is 2.56. The van der Waals surface area contributed by atoms with Crippen LogP contribution in [0, 0.1) is 17.3 Å². The van der Waals surface area contributed by atoms with Crippen LogP contribution in [0.4, 0.5) is 0 Å². The van der Waals surface area contributed by atoms with E-state index >= 15 is 0 Å². The van der Waals surface area contributed by atoms with E-state index in [0.29, 0.717) is 5.54 Å². The number of nitrogens with one attached hydrogen (secondary N) is 2. The van der Waals surface area contributed by atoms with Gasteiger partial charge in [-0.25, -0.2) is 0 Å². The topological polar surface area (TPSA) is 24.1 Å². The summed E-state index contributed by atoms with van der Waals surface area (Å²) in [6.07, 6.45) is 12.0. The fourth-order valence-electron chi connectivity index (χ4n) is 5.51. The first-order chi connectivity index (χ1) is 8.35. The Morgan fingerprint density at radius 1 is 0.824 bits per heavy atom. The summed E-state index contributed by atoms with van der Waals surface area (Å²) in [5.74, 6) is 2.05. The predicted molar refractivity (Wildman–Crippen MR) is 70.0 cm³/mol. The fourth-order valence-corrected chi connectivity index (χ4v) is 5.51. The zero-order chi connectivity index (χ0) is 11.3. The molecule has 96 valence electrons. The third kappa shape index (κ3) is 1.40. The maximum absolute atomic E-state index is 3.83. The van der Waals surface area contributed by atoms with Crippen LogP contribution in [-0.4, -0.2) is 25.2 Å². The normalized spacial score (nSPS) is 48.0. The van der Waals surface area contributed by atoms with Crippen molar-refractivity contribution in [1.82, 2.24) is 10.6 Å². The van der Waals surface area contributed by atoms with E-state index in [0.717, 1.165) is 17.3 Å². The van der Waals surface area contributed by atoms with Crippen molar-refractivity contribution in [2.45, 2.75) is 56.9 Å². The minimum absolute atomic E-state index is 0.602. The molecule has 3 unspecified atom stereocenters. The standard InChI is InChI=1S/C15H26N2/c1-2-6-14(10-16-11-14)12(4-1)13-5-3-7-15(13)8-9-17-15/h12-13,16-17H,1-11H2. The van der Waals surface area contributed by atoms with Crippen molar-refractivity contribution in [3.8, 4) is 0 Å². The van der Waals surface area contributed by atoms with E-state index in [1.54, 1.807) is 0 Å². The lowest BCUT2D eigenvalue weighted by molar-refractivity contribution is -0.0387. The summed E-state index contributed by atoms with van der Waals surface area (Å²) in [6.45, 7) is 3.93. The molecule has 0 aromatic carbocycles. The van der Waals surface area contributed by atoms with Crippen LogP contribution in [0.15, 0.2) is 0 Å². The Balaban J connectivity index is 1.59. The Morgan fingerprint density at radius 3 is 2.29 bits per heavy atom. The Hall–Kier alpha value is -0.0800. The summed E-state index contributed by atoms with van der Waals surface area (Å²) in [6, 6.07) is 0. The van der Waals surface area contributed by atoms with E-state index in [2.05, 4.69) is 10.6 Å². The van der Waals surface area contributed by atoms with Gasteiger partial charge in [0.1, 0.15) is 0 Å². The third-order valence-corrected chi connectivity index (χ3v) is 6.56. The lowest BCUT2D eigenvalue weighted by Gasteiger charge is -2.58. The van der Waals surface area contributed by atoms with Gasteiger partial charge in [0.05, 0.1) is 0 Å². The van der Waals surface area contributed by atoms with Crippen LogP contribution in [0.2, 0.25) is 0 Å². The van der Waals surface area contributed by atoms with E-state index in [1.165, 1.54) is 71.0 Å². The fraction of sp³-hybridized carbons (Fsp3) is 1.00.